The first-order valence-corrected chi connectivity index (χ1v) is 5.89. The van der Waals surface area contributed by atoms with Crippen LogP contribution in [0.25, 0.3) is 5.52 Å². The molecule has 1 saturated heterocycles. The van der Waals surface area contributed by atoms with E-state index in [-0.39, 0.29) is 24.4 Å². The predicted molar refractivity (Wildman–Crippen MR) is 67.7 cm³/mol. The smallest absolute Gasteiger partial charge is 0.337 e. The highest BCUT2D eigenvalue weighted by molar-refractivity contribution is 6.05. The highest BCUT2D eigenvalue weighted by Gasteiger charge is 2.26. The lowest BCUT2D eigenvalue weighted by atomic mass is 10.2. The van der Waals surface area contributed by atoms with E-state index in [4.69, 9.17) is 5.11 Å². The van der Waals surface area contributed by atoms with Crippen LogP contribution in [0.4, 0.5) is 10.6 Å². The lowest BCUT2D eigenvalue weighted by Crippen LogP contribution is -2.49. The second kappa shape index (κ2) is 4.34. The number of aromatic carboxylic acids is 1. The average Bonchev–Trinajstić information content (AvgIpc) is 2.80. The van der Waals surface area contributed by atoms with E-state index in [0.717, 1.165) is 0 Å². The van der Waals surface area contributed by atoms with E-state index in [1.807, 2.05) is 0 Å². The summed E-state index contributed by atoms with van der Waals surface area (Å²) in [6.07, 6.45) is 1.58. The number of carbonyl (C=O) groups excluding carboxylic acids is 2. The van der Waals surface area contributed by atoms with Crippen LogP contribution >= 0.6 is 0 Å². The Bertz CT molecular complexity index is 736. The van der Waals surface area contributed by atoms with Crippen LogP contribution < -0.4 is 10.2 Å². The zero-order valence-electron chi connectivity index (χ0n) is 10.2. The molecule has 0 saturated carbocycles. The predicted octanol–water partition coefficient (Wildman–Crippen LogP) is 0.479. The second-order valence-corrected chi connectivity index (χ2v) is 4.35. The number of hydrogen-bond donors (Lipinski definition) is 2. The van der Waals surface area contributed by atoms with Gasteiger partial charge in [0.1, 0.15) is 0 Å². The Kier molecular flexibility index (Phi) is 2.63. The number of anilines is 1. The minimum absolute atomic E-state index is 0.102. The van der Waals surface area contributed by atoms with E-state index < -0.39 is 12.0 Å². The molecule has 0 unspecified atom stereocenters. The molecule has 3 amide bonds. The molecule has 3 heterocycles. The van der Waals surface area contributed by atoms with Crippen LogP contribution in [0.3, 0.4) is 0 Å². The topological polar surface area (TPSA) is 104 Å². The van der Waals surface area contributed by atoms with Gasteiger partial charge in [-0.3, -0.25) is 15.0 Å². The molecule has 2 aromatic rings. The number of imide groups is 1. The lowest BCUT2D eigenvalue weighted by Gasteiger charge is -2.23. The molecule has 2 aromatic heterocycles. The molecule has 0 atom stereocenters. The molecule has 3 rings (SSSR count). The fraction of sp³-hybridized carbons (Fsp3) is 0.167. The summed E-state index contributed by atoms with van der Waals surface area (Å²) in [4.78, 5) is 35.0. The molecule has 2 N–H and O–H groups in total. The molecule has 0 bridgehead atoms. The molecule has 1 fully saturated rings. The average molecular weight is 274 g/mol. The minimum atomic E-state index is -1.05. The van der Waals surface area contributed by atoms with Crippen LogP contribution in [-0.2, 0) is 4.79 Å². The van der Waals surface area contributed by atoms with E-state index in [2.05, 4.69) is 10.4 Å². The summed E-state index contributed by atoms with van der Waals surface area (Å²) in [5, 5.41) is 15.3. The quantitative estimate of drug-likeness (QED) is 0.828. The number of nitrogens with one attached hydrogen (secondary N) is 1. The number of pyridine rings is 1. The first-order valence-electron chi connectivity index (χ1n) is 5.89. The largest absolute Gasteiger partial charge is 0.478 e. The van der Waals surface area contributed by atoms with Gasteiger partial charge >= 0.3 is 12.0 Å². The van der Waals surface area contributed by atoms with Crippen molar-refractivity contribution in [3.05, 3.63) is 30.0 Å². The van der Waals surface area contributed by atoms with E-state index >= 15 is 0 Å². The number of rotatable bonds is 2. The van der Waals surface area contributed by atoms with Gasteiger partial charge in [0, 0.05) is 25.2 Å². The molecule has 0 spiro atoms. The Balaban J connectivity index is 1.98. The Morgan fingerprint density at radius 2 is 2.15 bits per heavy atom. The van der Waals surface area contributed by atoms with Crippen LogP contribution in [0, 0.1) is 0 Å². The standard InChI is InChI=1S/C12H10N4O4/c17-10-3-4-15(12(20)13-10)9-5-8-2-1-7(11(18)19)6-16(8)14-9/h1-2,5-6H,3-4H2,(H,18,19)(H,13,17,20). The summed E-state index contributed by atoms with van der Waals surface area (Å²) in [5.41, 5.74) is 0.764. The van der Waals surface area contributed by atoms with Crippen molar-refractivity contribution in [1.82, 2.24) is 14.9 Å². The van der Waals surface area contributed by atoms with Crippen LogP contribution in [-0.4, -0.2) is 39.2 Å². The SMILES string of the molecule is O=C1CCN(c2cc3ccc(C(=O)O)cn3n2)C(=O)N1. The Hall–Kier alpha value is -2.90. The third-order valence-electron chi connectivity index (χ3n) is 3.02. The number of carboxylic acid groups (broad SMARTS) is 1. The second-order valence-electron chi connectivity index (χ2n) is 4.35. The summed E-state index contributed by atoms with van der Waals surface area (Å²) in [5.74, 6) is -0.994. The van der Waals surface area contributed by atoms with E-state index in [0.29, 0.717) is 11.3 Å². The lowest BCUT2D eigenvalue weighted by molar-refractivity contribution is -0.120. The molecule has 0 radical (unpaired) electrons. The van der Waals surface area contributed by atoms with Crippen molar-refractivity contribution in [2.75, 3.05) is 11.4 Å². The van der Waals surface area contributed by atoms with E-state index in [1.165, 1.54) is 21.7 Å². The maximum atomic E-state index is 11.7. The number of urea groups is 1. The minimum Gasteiger partial charge on any atom is -0.478 e. The van der Waals surface area contributed by atoms with Gasteiger partial charge in [0.15, 0.2) is 5.82 Å². The van der Waals surface area contributed by atoms with Crippen LogP contribution in [0.5, 0.6) is 0 Å². The van der Waals surface area contributed by atoms with Gasteiger partial charge in [0.2, 0.25) is 5.91 Å². The number of hydrogen-bond acceptors (Lipinski definition) is 4. The van der Waals surface area contributed by atoms with Crippen molar-refractivity contribution in [3.8, 4) is 0 Å². The van der Waals surface area contributed by atoms with E-state index in [1.54, 1.807) is 12.1 Å². The Morgan fingerprint density at radius 1 is 1.35 bits per heavy atom. The highest BCUT2D eigenvalue weighted by atomic mass is 16.4. The van der Waals surface area contributed by atoms with Crippen LogP contribution in [0.15, 0.2) is 24.4 Å². The third kappa shape index (κ3) is 1.96. The van der Waals surface area contributed by atoms with Crippen molar-refractivity contribution in [1.29, 1.82) is 0 Å². The van der Waals surface area contributed by atoms with Crippen molar-refractivity contribution in [2.24, 2.45) is 0 Å². The van der Waals surface area contributed by atoms with Gasteiger partial charge in [-0.25, -0.2) is 14.1 Å². The third-order valence-corrected chi connectivity index (χ3v) is 3.02. The summed E-state index contributed by atoms with van der Waals surface area (Å²) in [6.45, 7) is 0.250. The fourth-order valence-corrected chi connectivity index (χ4v) is 2.01. The van der Waals surface area contributed by atoms with Gasteiger partial charge < -0.3 is 5.11 Å². The fourth-order valence-electron chi connectivity index (χ4n) is 2.01. The number of nitrogens with zero attached hydrogens (tertiary/aromatic N) is 3. The summed E-state index contributed by atoms with van der Waals surface area (Å²) in [7, 11) is 0. The van der Waals surface area contributed by atoms with Gasteiger partial charge in [0.25, 0.3) is 0 Å². The zero-order valence-corrected chi connectivity index (χ0v) is 10.2. The highest BCUT2D eigenvalue weighted by Crippen LogP contribution is 2.18. The summed E-state index contributed by atoms with van der Waals surface area (Å²) in [6, 6.07) is 4.19. The number of fused-ring (bicyclic) bond motifs is 1. The zero-order chi connectivity index (χ0) is 14.3. The molecule has 20 heavy (non-hydrogen) atoms. The maximum absolute atomic E-state index is 11.7. The van der Waals surface area contributed by atoms with Crippen molar-refractivity contribution in [2.45, 2.75) is 6.42 Å². The molecule has 0 aliphatic carbocycles. The van der Waals surface area contributed by atoms with Gasteiger partial charge in [-0.05, 0) is 12.1 Å². The van der Waals surface area contributed by atoms with Gasteiger partial charge in [0.05, 0.1) is 11.1 Å². The van der Waals surface area contributed by atoms with Crippen LogP contribution in [0.2, 0.25) is 0 Å². The molecule has 8 nitrogen and oxygen atoms in total. The Morgan fingerprint density at radius 3 is 2.85 bits per heavy atom. The molecule has 0 aromatic carbocycles. The van der Waals surface area contributed by atoms with Crippen LogP contribution in [0.1, 0.15) is 16.8 Å². The van der Waals surface area contributed by atoms with Crippen molar-refractivity contribution in [3.63, 3.8) is 0 Å². The molecular formula is C12H10N4O4. The number of amides is 3. The molecule has 102 valence electrons. The molecule has 8 heteroatoms. The molecular weight excluding hydrogens is 264 g/mol. The molecule has 1 aliphatic rings. The van der Waals surface area contributed by atoms with Gasteiger partial charge in [-0.15, -0.1) is 5.10 Å². The number of carbonyl (C=O) groups is 3. The Labute approximate surface area is 112 Å². The maximum Gasteiger partial charge on any atom is 0.337 e. The summed E-state index contributed by atoms with van der Waals surface area (Å²) < 4.78 is 1.39. The first kappa shape index (κ1) is 12.2. The number of carboxylic acids is 1. The van der Waals surface area contributed by atoms with Crippen molar-refractivity contribution >= 4 is 29.2 Å². The van der Waals surface area contributed by atoms with Gasteiger partial charge in [-0.2, -0.15) is 0 Å². The summed E-state index contributed by atoms with van der Waals surface area (Å²) >= 11 is 0. The van der Waals surface area contributed by atoms with Gasteiger partial charge in [-0.1, -0.05) is 0 Å². The van der Waals surface area contributed by atoms with E-state index in [9.17, 15) is 14.4 Å². The normalized spacial score (nSPS) is 15.5. The first-order chi connectivity index (χ1) is 9.54. The molecule has 1 aliphatic heterocycles. The van der Waals surface area contributed by atoms with Crippen molar-refractivity contribution < 1.29 is 19.5 Å². The number of aromatic nitrogens is 2. The monoisotopic (exact) mass is 274 g/mol.